The summed E-state index contributed by atoms with van der Waals surface area (Å²) in [5.74, 6) is 0. The number of carbonyl (C=O) groups excluding carboxylic acids is 2. The van der Waals surface area contributed by atoms with Crippen LogP contribution in [0.5, 0.6) is 0 Å². The van der Waals surface area contributed by atoms with Crippen molar-refractivity contribution >= 4 is 56.2 Å². The molecule has 0 saturated carbocycles. The zero-order valence-electron chi connectivity index (χ0n) is 27.9. The fourth-order valence-electron chi connectivity index (χ4n) is 7.12. The molecule has 3 aromatic rings. The SMILES string of the molecule is CC1(C)NC(=O)[N+](=C2C=CC(=c3cccc4c(=C5C=CC(=[N+]6C(=O)NC(C)(C)C6(C)C)C=C5)c5ccccc5cc34)C=C2)C1(C)C. The molecule has 7 rings (SSSR count). The summed E-state index contributed by atoms with van der Waals surface area (Å²) in [6.45, 7) is 16.7. The number of fused-ring (bicyclic) bond motifs is 2. The summed E-state index contributed by atoms with van der Waals surface area (Å²) in [7, 11) is 0. The maximum atomic E-state index is 13.0. The van der Waals surface area contributed by atoms with E-state index in [4.69, 9.17) is 0 Å². The molecular weight excluding hydrogens is 568 g/mol. The summed E-state index contributed by atoms with van der Waals surface area (Å²) in [5, 5.41) is 13.2. The van der Waals surface area contributed by atoms with Crippen LogP contribution < -0.4 is 21.1 Å². The van der Waals surface area contributed by atoms with Crippen molar-refractivity contribution in [3.63, 3.8) is 0 Å². The summed E-state index contributed by atoms with van der Waals surface area (Å²) in [6.07, 6.45) is 16.7. The highest BCUT2D eigenvalue weighted by molar-refractivity contribution is 6.11. The lowest BCUT2D eigenvalue weighted by Crippen LogP contribution is -2.51. The molecule has 0 aromatic heterocycles. The maximum Gasteiger partial charge on any atom is 0.492 e. The van der Waals surface area contributed by atoms with Crippen molar-refractivity contribution in [3.8, 4) is 0 Å². The summed E-state index contributed by atoms with van der Waals surface area (Å²) < 4.78 is 3.73. The topological polar surface area (TPSA) is 64.2 Å². The quantitative estimate of drug-likeness (QED) is 0.242. The van der Waals surface area contributed by atoms with Crippen molar-refractivity contribution < 1.29 is 18.7 Å². The number of nitrogens with zero attached hydrogens (tertiary/aromatic N) is 2. The van der Waals surface area contributed by atoms with Crippen molar-refractivity contribution in [1.29, 1.82) is 0 Å². The summed E-state index contributed by atoms with van der Waals surface area (Å²) in [6, 6.07) is 17.1. The maximum absolute atomic E-state index is 13.0. The predicted octanol–water partition coefficient (Wildman–Crippen LogP) is 6.01. The zero-order chi connectivity index (χ0) is 32.8. The van der Waals surface area contributed by atoms with Gasteiger partial charge in [0.25, 0.3) is 0 Å². The van der Waals surface area contributed by atoms with Gasteiger partial charge in [0.2, 0.25) is 0 Å². The van der Waals surface area contributed by atoms with Gasteiger partial charge in [-0.2, -0.15) is 18.7 Å². The molecule has 6 heteroatoms. The number of hydrogen-bond acceptors (Lipinski definition) is 2. The lowest BCUT2D eigenvalue weighted by molar-refractivity contribution is -0.501. The van der Waals surface area contributed by atoms with E-state index >= 15 is 0 Å². The average Bonchev–Trinajstić information content (AvgIpc) is 3.27. The van der Waals surface area contributed by atoms with Crippen LogP contribution in [0.2, 0.25) is 0 Å². The van der Waals surface area contributed by atoms with E-state index in [1.807, 2.05) is 9.15 Å². The van der Waals surface area contributed by atoms with E-state index in [1.54, 1.807) is 0 Å². The molecule has 0 bridgehead atoms. The Labute approximate surface area is 270 Å². The van der Waals surface area contributed by atoms with Gasteiger partial charge in [-0.15, -0.1) is 0 Å². The molecule has 2 aliphatic carbocycles. The number of allylic oxidation sites excluding steroid dienone is 8. The van der Waals surface area contributed by atoms with Crippen LogP contribution >= 0.6 is 0 Å². The van der Waals surface area contributed by atoms with Crippen LogP contribution in [0.1, 0.15) is 55.4 Å². The van der Waals surface area contributed by atoms with E-state index in [-0.39, 0.29) is 28.7 Å². The molecule has 4 amide bonds. The number of rotatable bonds is 0. The zero-order valence-corrected chi connectivity index (χ0v) is 27.9. The van der Waals surface area contributed by atoms with Gasteiger partial charge in [0.15, 0.2) is 11.1 Å². The van der Waals surface area contributed by atoms with Crippen LogP contribution in [0.15, 0.2) is 97.1 Å². The van der Waals surface area contributed by atoms with Crippen molar-refractivity contribution in [3.05, 3.63) is 108 Å². The molecule has 2 fully saturated rings. The Balaban J connectivity index is 1.42. The Kier molecular flexibility index (Phi) is 6.38. The van der Waals surface area contributed by atoms with Gasteiger partial charge in [0, 0.05) is 0 Å². The van der Waals surface area contributed by atoms with Gasteiger partial charge in [-0.05, 0) is 129 Å². The Morgan fingerprint density at radius 2 is 1.00 bits per heavy atom. The number of nitrogens with one attached hydrogen (secondary N) is 2. The molecule has 0 atom stereocenters. The Morgan fingerprint density at radius 1 is 0.522 bits per heavy atom. The molecule has 46 heavy (non-hydrogen) atoms. The molecule has 2 aliphatic heterocycles. The largest absolute Gasteiger partial charge is 0.492 e. The van der Waals surface area contributed by atoms with Gasteiger partial charge in [-0.25, -0.2) is 10.6 Å². The first-order chi connectivity index (χ1) is 21.6. The number of urea groups is 2. The van der Waals surface area contributed by atoms with Crippen molar-refractivity contribution in [2.24, 2.45) is 0 Å². The highest BCUT2D eigenvalue weighted by Gasteiger charge is 2.59. The third-order valence-electron chi connectivity index (χ3n) is 11.2. The first-order valence-corrected chi connectivity index (χ1v) is 16.0. The van der Waals surface area contributed by atoms with Crippen molar-refractivity contribution in [2.45, 2.75) is 77.5 Å². The highest BCUT2D eigenvalue weighted by Crippen LogP contribution is 2.33. The van der Waals surface area contributed by atoms with E-state index in [0.717, 1.165) is 43.9 Å². The van der Waals surface area contributed by atoms with E-state index in [2.05, 4.69) is 163 Å². The first-order valence-electron chi connectivity index (χ1n) is 16.0. The van der Waals surface area contributed by atoms with Gasteiger partial charge < -0.3 is 0 Å². The summed E-state index contributed by atoms with van der Waals surface area (Å²) >= 11 is 0. The fourth-order valence-corrected chi connectivity index (χ4v) is 7.12. The monoisotopic (exact) mass is 610 g/mol. The Morgan fingerprint density at radius 3 is 1.50 bits per heavy atom. The second-order valence-electron chi connectivity index (χ2n) is 14.9. The van der Waals surface area contributed by atoms with Crippen molar-refractivity contribution in [1.82, 2.24) is 10.6 Å². The van der Waals surface area contributed by atoms with Gasteiger partial charge >= 0.3 is 12.1 Å². The lowest BCUT2D eigenvalue weighted by Gasteiger charge is -2.28. The number of benzene rings is 3. The number of amides is 4. The molecular formula is C40H42N4O2+2. The number of hydrogen-bond donors (Lipinski definition) is 2. The summed E-state index contributed by atoms with van der Waals surface area (Å²) in [4.78, 5) is 26.0. The number of carbonyl (C=O) groups is 2. The second kappa shape index (κ2) is 9.83. The molecule has 0 spiro atoms. The van der Waals surface area contributed by atoms with Crippen molar-refractivity contribution in [2.75, 3.05) is 0 Å². The normalized spacial score (nSPS) is 22.4. The molecule has 232 valence electrons. The summed E-state index contributed by atoms with van der Waals surface area (Å²) in [5.41, 5.74) is 2.43. The molecule has 2 N–H and O–H groups in total. The highest BCUT2D eigenvalue weighted by atomic mass is 16.2. The first kappa shape index (κ1) is 29.8. The van der Waals surface area contributed by atoms with Gasteiger partial charge in [0.05, 0.1) is 0 Å². The predicted molar refractivity (Wildman–Crippen MR) is 188 cm³/mol. The third-order valence-corrected chi connectivity index (χ3v) is 11.2. The molecule has 6 nitrogen and oxygen atoms in total. The van der Waals surface area contributed by atoms with Gasteiger partial charge in [-0.1, -0.05) is 66.8 Å². The molecule has 0 radical (unpaired) electrons. The second-order valence-corrected chi connectivity index (χ2v) is 14.9. The van der Waals surface area contributed by atoms with Crippen LogP contribution in [0, 0.1) is 0 Å². The van der Waals surface area contributed by atoms with E-state index < -0.39 is 5.54 Å². The average molecular weight is 611 g/mol. The molecule has 4 aliphatic rings. The Hall–Kier alpha value is -4.84. The van der Waals surface area contributed by atoms with Crippen LogP contribution in [0.25, 0.3) is 32.7 Å². The van der Waals surface area contributed by atoms with Crippen LogP contribution in [0.3, 0.4) is 0 Å². The molecule has 3 aromatic carbocycles. The van der Waals surface area contributed by atoms with Crippen LogP contribution in [0.4, 0.5) is 9.59 Å². The minimum atomic E-state index is -0.396. The van der Waals surface area contributed by atoms with Crippen LogP contribution in [-0.4, -0.2) is 54.8 Å². The Bertz CT molecular complexity index is 2200. The molecule has 2 heterocycles. The van der Waals surface area contributed by atoms with E-state index in [1.165, 1.54) is 10.6 Å². The molecule has 0 unspecified atom stereocenters. The minimum Gasteiger partial charge on any atom is -0.229 e. The smallest absolute Gasteiger partial charge is 0.229 e. The minimum absolute atomic E-state index is 0.0762. The third kappa shape index (κ3) is 4.23. The fraction of sp³-hybridized carbons (Fsp3) is 0.300. The van der Waals surface area contributed by atoms with Gasteiger partial charge in [0.1, 0.15) is 22.5 Å². The standard InChI is InChI=1S/C40H40N4O2/c1-37(2)39(5,6)43(35(45)41-37)28-20-16-25(17-21-28)30-14-11-15-32-33(30)24-27-12-9-10-13-31(27)34(32)26-18-22-29(23-19-26)44-36(46)42-38(3,4)40(44,7)8/h9-24H,1-8H3/p+2. The van der Waals surface area contributed by atoms with E-state index in [0.29, 0.717) is 0 Å². The molecule has 2 saturated heterocycles. The van der Waals surface area contributed by atoms with Crippen LogP contribution in [-0.2, 0) is 0 Å². The van der Waals surface area contributed by atoms with E-state index in [9.17, 15) is 9.59 Å². The van der Waals surface area contributed by atoms with Gasteiger partial charge in [-0.3, -0.25) is 0 Å². The lowest BCUT2D eigenvalue weighted by atomic mass is 9.84.